The lowest BCUT2D eigenvalue weighted by Gasteiger charge is -2.18. The van der Waals surface area contributed by atoms with E-state index in [1.807, 2.05) is 27.7 Å². The van der Waals surface area contributed by atoms with Crippen LogP contribution in [0.5, 0.6) is 0 Å². The third-order valence-corrected chi connectivity index (χ3v) is 2.57. The highest BCUT2D eigenvalue weighted by atomic mass is 32.1. The number of esters is 1. The summed E-state index contributed by atoms with van der Waals surface area (Å²) in [5, 5.41) is 2.42. The highest BCUT2D eigenvalue weighted by Gasteiger charge is 2.20. The van der Waals surface area contributed by atoms with E-state index < -0.39 is 11.6 Å². The lowest BCUT2D eigenvalue weighted by atomic mass is 10.2. The number of aromatic nitrogens is 1. The van der Waals surface area contributed by atoms with E-state index >= 15 is 0 Å². The van der Waals surface area contributed by atoms with E-state index in [0.717, 1.165) is 5.01 Å². The first kappa shape index (κ1) is 12.1. The molecule has 0 spiro atoms. The summed E-state index contributed by atoms with van der Waals surface area (Å²) in [6, 6.07) is -0.147. The molecule has 0 aliphatic carbocycles. The molecule has 5 heteroatoms. The molecule has 0 aliphatic heterocycles. The smallest absolute Gasteiger partial charge is 0.358 e. The molecule has 0 saturated carbocycles. The zero-order chi connectivity index (χ0) is 11.6. The van der Waals surface area contributed by atoms with Crippen LogP contribution in [0.4, 0.5) is 0 Å². The monoisotopic (exact) mass is 228 g/mol. The largest absolute Gasteiger partial charge is 0.455 e. The molecule has 1 heterocycles. The third-order valence-electron chi connectivity index (χ3n) is 1.52. The first-order valence-corrected chi connectivity index (χ1v) is 5.62. The number of hydrogen-bond donors (Lipinski definition) is 1. The average molecular weight is 228 g/mol. The summed E-state index contributed by atoms with van der Waals surface area (Å²) in [5.41, 5.74) is 5.49. The quantitative estimate of drug-likeness (QED) is 0.787. The topological polar surface area (TPSA) is 65.2 Å². The predicted molar refractivity (Wildman–Crippen MR) is 59.9 cm³/mol. The van der Waals surface area contributed by atoms with Gasteiger partial charge in [-0.25, -0.2) is 9.78 Å². The van der Waals surface area contributed by atoms with E-state index in [1.165, 1.54) is 11.3 Å². The van der Waals surface area contributed by atoms with Crippen molar-refractivity contribution in [3.05, 3.63) is 16.1 Å². The van der Waals surface area contributed by atoms with Crippen LogP contribution < -0.4 is 5.73 Å². The van der Waals surface area contributed by atoms with Crippen molar-refractivity contribution in [1.82, 2.24) is 4.98 Å². The van der Waals surface area contributed by atoms with Crippen molar-refractivity contribution in [3.63, 3.8) is 0 Å². The number of carbonyl (C=O) groups is 1. The van der Waals surface area contributed by atoms with Crippen molar-refractivity contribution >= 4 is 17.3 Å². The molecule has 0 amide bonds. The number of nitrogens with zero attached hydrogens (tertiary/aromatic N) is 1. The minimum atomic E-state index is -0.491. The van der Waals surface area contributed by atoms with Gasteiger partial charge in [0, 0.05) is 5.38 Å². The summed E-state index contributed by atoms with van der Waals surface area (Å²) in [6.45, 7) is 7.30. The summed E-state index contributed by atoms with van der Waals surface area (Å²) in [4.78, 5) is 15.7. The second-order valence-electron chi connectivity index (χ2n) is 4.36. The Balaban J connectivity index is 2.75. The molecule has 1 rings (SSSR count). The maximum Gasteiger partial charge on any atom is 0.358 e. The Morgan fingerprint density at radius 2 is 2.20 bits per heavy atom. The molecule has 0 fully saturated rings. The summed E-state index contributed by atoms with van der Waals surface area (Å²) >= 11 is 1.38. The molecule has 2 N–H and O–H groups in total. The van der Waals surface area contributed by atoms with E-state index in [4.69, 9.17) is 10.5 Å². The Morgan fingerprint density at radius 1 is 1.60 bits per heavy atom. The van der Waals surface area contributed by atoms with Gasteiger partial charge in [-0.05, 0) is 27.7 Å². The molecule has 0 aliphatic rings. The van der Waals surface area contributed by atoms with Crippen molar-refractivity contribution in [3.8, 4) is 0 Å². The molecular formula is C10H16N2O2S. The van der Waals surface area contributed by atoms with Crippen LogP contribution in [0.25, 0.3) is 0 Å². The van der Waals surface area contributed by atoms with E-state index in [9.17, 15) is 4.79 Å². The van der Waals surface area contributed by atoms with Gasteiger partial charge in [-0.1, -0.05) is 0 Å². The number of carbonyl (C=O) groups excluding carboxylic acids is 1. The van der Waals surface area contributed by atoms with E-state index in [0.29, 0.717) is 5.69 Å². The lowest BCUT2D eigenvalue weighted by molar-refractivity contribution is 0.00635. The molecule has 15 heavy (non-hydrogen) atoms. The zero-order valence-electron chi connectivity index (χ0n) is 9.40. The lowest BCUT2D eigenvalue weighted by Crippen LogP contribution is -2.24. The Morgan fingerprint density at radius 3 is 2.60 bits per heavy atom. The van der Waals surface area contributed by atoms with Gasteiger partial charge in [0.1, 0.15) is 10.6 Å². The normalized spacial score (nSPS) is 13.7. The Hall–Kier alpha value is -0.940. The Labute approximate surface area is 93.5 Å². The van der Waals surface area contributed by atoms with Gasteiger partial charge in [0.2, 0.25) is 0 Å². The predicted octanol–water partition coefficient (Wildman–Crippen LogP) is 2.12. The number of rotatable bonds is 2. The molecule has 0 bridgehead atoms. The van der Waals surface area contributed by atoms with Crippen LogP contribution in [0.15, 0.2) is 5.38 Å². The van der Waals surface area contributed by atoms with Crippen molar-refractivity contribution in [2.24, 2.45) is 5.73 Å². The van der Waals surface area contributed by atoms with E-state index in [-0.39, 0.29) is 6.04 Å². The van der Waals surface area contributed by atoms with Crippen LogP contribution in [0, 0.1) is 0 Å². The molecule has 1 unspecified atom stereocenters. The first-order valence-electron chi connectivity index (χ1n) is 4.74. The SMILES string of the molecule is CC(N)c1nc(C(=O)OC(C)(C)C)cs1. The van der Waals surface area contributed by atoms with Gasteiger partial charge in [-0.15, -0.1) is 11.3 Å². The average Bonchev–Trinajstić information content (AvgIpc) is 2.47. The molecule has 0 aromatic carbocycles. The summed E-state index contributed by atoms with van der Waals surface area (Å²) in [6.07, 6.45) is 0. The van der Waals surface area contributed by atoms with E-state index in [2.05, 4.69) is 4.98 Å². The molecular weight excluding hydrogens is 212 g/mol. The zero-order valence-corrected chi connectivity index (χ0v) is 10.2. The Bertz CT molecular complexity index is 353. The highest BCUT2D eigenvalue weighted by molar-refractivity contribution is 7.09. The van der Waals surface area contributed by atoms with Gasteiger partial charge in [0.25, 0.3) is 0 Å². The fourth-order valence-electron chi connectivity index (χ4n) is 0.921. The standard InChI is InChI=1S/C10H16N2O2S/c1-6(11)8-12-7(5-15-8)9(13)14-10(2,3)4/h5-6H,11H2,1-4H3. The minimum Gasteiger partial charge on any atom is -0.455 e. The second kappa shape index (κ2) is 4.28. The van der Waals surface area contributed by atoms with Crippen LogP contribution in [0.2, 0.25) is 0 Å². The third kappa shape index (κ3) is 3.60. The van der Waals surface area contributed by atoms with Crippen LogP contribution >= 0.6 is 11.3 Å². The molecule has 84 valence electrons. The number of ether oxygens (including phenoxy) is 1. The molecule has 0 saturated heterocycles. The maximum absolute atomic E-state index is 11.6. The minimum absolute atomic E-state index is 0.147. The molecule has 1 atom stereocenters. The second-order valence-corrected chi connectivity index (χ2v) is 5.25. The van der Waals surface area contributed by atoms with Gasteiger partial charge in [0.15, 0.2) is 5.69 Å². The molecule has 1 aromatic rings. The van der Waals surface area contributed by atoms with Crippen molar-refractivity contribution in [2.45, 2.75) is 39.3 Å². The molecule has 0 radical (unpaired) electrons. The maximum atomic E-state index is 11.6. The van der Waals surface area contributed by atoms with E-state index in [1.54, 1.807) is 5.38 Å². The molecule has 4 nitrogen and oxygen atoms in total. The molecule has 1 aromatic heterocycles. The fourth-order valence-corrected chi connectivity index (χ4v) is 1.67. The van der Waals surface area contributed by atoms with Gasteiger partial charge in [-0.2, -0.15) is 0 Å². The number of nitrogens with two attached hydrogens (primary N) is 1. The number of hydrogen-bond acceptors (Lipinski definition) is 5. The number of thiazole rings is 1. The van der Waals surface area contributed by atoms with Crippen LogP contribution in [0.1, 0.15) is 49.2 Å². The van der Waals surface area contributed by atoms with Gasteiger partial charge in [0.05, 0.1) is 6.04 Å². The summed E-state index contributed by atoms with van der Waals surface area (Å²) in [7, 11) is 0. The van der Waals surface area contributed by atoms with Gasteiger partial charge >= 0.3 is 5.97 Å². The van der Waals surface area contributed by atoms with Gasteiger partial charge < -0.3 is 10.5 Å². The van der Waals surface area contributed by atoms with Crippen molar-refractivity contribution < 1.29 is 9.53 Å². The van der Waals surface area contributed by atoms with Crippen molar-refractivity contribution in [2.75, 3.05) is 0 Å². The fraction of sp³-hybridized carbons (Fsp3) is 0.600. The van der Waals surface area contributed by atoms with Crippen LogP contribution in [-0.2, 0) is 4.74 Å². The Kier molecular flexibility index (Phi) is 3.46. The summed E-state index contributed by atoms with van der Waals surface area (Å²) in [5.74, 6) is -0.398. The first-order chi connectivity index (χ1) is 6.79. The van der Waals surface area contributed by atoms with Gasteiger partial charge in [-0.3, -0.25) is 0 Å². The van der Waals surface area contributed by atoms with Crippen LogP contribution in [0.3, 0.4) is 0 Å². The highest BCUT2D eigenvalue weighted by Crippen LogP contribution is 2.18. The summed E-state index contributed by atoms with van der Waals surface area (Å²) < 4.78 is 5.18. The van der Waals surface area contributed by atoms with Crippen molar-refractivity contribution in [1.29, 1.82) is 0 Å². The van der Waals surface area contributed by atoms with Crippen LogP contribution in [-0.4, -0.2) is 16.6 Å².